The molecular weight excluding hydrogens is 915 g/mol. The maximum Gasteiger partial charge on any atom is 0.305 e. The number of H-pyrrole nitrogens is 1. The fourth-order valence-electron chi connectivity index (χ4n) is 8.02. The second-order valence-corrected chi connectivity index (χ2v) is 17.9. The molecule has 0 radical (unpaired) electrons. The number of benzene rings is 1. The highest BCUT2D eigenvalue weighted by atomic mass is 32.2. The number of amides is 8. The predicted molar refractivity (Wildman–Crippen MR) is 238 cm³/mol. The zero-order valence-corrected chi connectivity index (χ0v) is 38.8. The summed E-state index contributed by atoms with van der Waals surface area (Å²) in [6.45, 7) is 4.45. The number of hydrogen-bond donors (Lipinski definition) is 10. The normalized spacial score (nSPS) is 26.2. The van der Waals surface area contributed by atoms with E-state index >= 15 is 0 Å². The van der Waals surface area contributed by atoms with Crippen molar-refractivity contribution in [1.82, 2.24) is 47.1 Å². The molecule has 1 aromatic heterocycles. The number of carbonyl (C=O) groups is 11. The van der Waals surface area contributed by atoms with Gasteiger partial charge in [-0.15, -0.1) is 11.8 Å². The van der Waals surface area contributed by atoms with E-state index in [0.29, 0.717) is 27.9 Å². The first kappa shape index (κ1) is 52.2. The second kappa shape index (κ2) is 23.3. The van der Waals surface area contributed by atoms with Crippen molar-refractivity contribution in [3.8, 4) is 0 Å². The molecule has 370 valence electrons. The number of aliphatic carboxylic acids is 1. The highest BCUT2D eigenvalue weighted by Crippen LogP contribution is 2.32. The van der Waals surface area contributed by atoms with Gasteiger partial charge < -0.3 is 66.8 Å². The van der Waals surface area contributed by atoms with Gasteiger partial charge in [-0.05, 0) is 17.5 Å². The summed E-state index contributed by atoms with van der Waals surface area (Å²) in [7, 11) is 0. The van der Waals surface area contributed by atoms with Crippen molar-refractivity contribution in [2.75, 3.05) is 32.0 Å². The van der Waals surface area contributed by atoms with Crippen LogP contribution in [0.5, 0.6) is 0 Å². The van der Waals surface area contributed by atoms with Gasteiger partial charge in [-0.2, -0.15) is 0 Å². The molecule has 25 heteroatoms. The molecule has 1 fully saturated rings. The number of nitrogens with one attached hydrogen (secondary N) is 8. The summed E-state index contributed by atoms with van der Waals surface area (Å²) in [6.07, 6.45) is -4.14. The van der Waals surface area contributed by atoms with Gasteiger partial charge in [0.15, 0.2) is 0 Å². The number of carboxylic acid groups (broad SMARTS) is 1. The molecule has 2 aromatic rings. The van der Waals surface area contributed by atoms with E-state index in [0.717, 1.165) is 30.5 Å². The molecule has 8 amide bonds. The lowest BCUT2D eigenvalue weighted by molar-refractivity contribution is -0.161. The van der Waals surface area contributed by atoms with Crippen molar-refractivity contribution in [2.45, 2.75) is 114 Å². The van der Waals surface area contributed by atoms with Crippen LogP contribution in [0.25, 0.3) is 10.9 Å². The summed E-state index contributed by atoms with van der Waals surface area (Å²) >= 11 is 0.982. The lowest BCUT2D eigenvalue weighted by atomic mass is 9.93. The minimum absolute atomic E-state index is 0.305. The van der Waals surface area contributed by atoms with Crippen molar-refractivity contribution in [1.29, 1.82) is 0 Å². The van der Waals surface area contributed by atoms with Crippen molar-refractivity contribution in [3.63, 3.8) is 0 Å². The molecule has 2 bridgehead atoms. The Balaban J connectivity index is 1.72. The number of carboxylic acids is 1. The van der Waals surface area contributed by atoms with E-state index in [1.807, 2.05) is 0 Å². The number of aliphatic hydroxyl groups is 1. The Hall–Kier alpha value is -6.76. The van der Waals surface area contributed by atoms with Crippen molar-refractivity contribution in [3.05, 3.63) is 29.8 Å². The third-order valence-corrected chi connectivity index (χ3v) is 13.0. The number of para-hydroxylation sites is 1. The minimum atomic E-state index is -1.88. The quantitative estimate of drug-likeness (QED) is 0.113. The van der Waals surface area contributed by atoms with E-state index in [1.54, 1.807) is 38.1 Å². The zero-order chi connectivity index (χ0) is 50.0. The number of fused-ring (bicyclic) bond motifs is 5. The summed E-state index contributed by atoms with van der Waals surface area (Å²) in [4.78, 5) is 153. The largest absolute Gasteiger partial charge is 0.481 e. The van der Waals surface area contributed by atoms with Crippen LogP contribution in [0.15, 0.2) is 29.3 Å². The third-order valence-electron chi connectivity index (χ3n) is 11.8. The number of nitrogens with zero attached hydrogens (tertiary/aromatic N) is 1. The van der Waals surface area contributed by atoms with Gasteiger partial charge in [-0.3, -0.25) is 52.7 Å². The maximum atomic E-state index is 14.8. The average molecular weight is 972 g/mol. The number of aromatic amines is 1. The first-order valence-corrected chi connectivity index (χ1v) is 22.9. The van der Waals surface area contributed by atoms with E-state index < -0.39 is 165 Å². The molecule has 5 rings (SSSR count). The maximum absolute atomic E-state index is 14.8. The Bertz CT molecular complexity index is 2310. The molecule has 3 aliphatic heterocycles. The topological polar surface area (TPSA) is 350 Å². The van der Waals surface area contributed by atoms with Crippen LogP contribution < -0.4 is 37.2 Å². The van der Waals surface area contributed by atoms with Gasteiger partial charge in [0.25, 0.3) is 0 Å². The lowest BCUT2D eigenvalue weighted by Gasteiger charge is -2.33. The van der Waals surface area contributed by atoms with Gasteiger partial charge in [0.2, 0.25) is 47.3 Å². The van der Waals surface area contributed by atoms with Crippen LogP contribution in [0.1, 0.15) is 59.4 Å². The number of thioether (sulfide) groups is 1. The number of rotatable bonds is 9. The van der Waals surface area contributed by atoms with E-state index in [-0.39, 0.29) is 12.2 Å². The standard InChI is InChI=1S/C43H57N9O15S/c1-6-19(2)35-40(63)45-14-32(56)46-29-18-68-42-25(24-9-7-8-10-26(24)49-42)12-27(37(60)44-15-33(57)50-35)47-41(64)36(20(3)31(67-22(5)54)17-66-21(4)53)51-39(62)30-11-23(55)16-52(30)43(65)28(13-34(58)59)48-38(29)61/h7-10,19-20,23,27-31,35-36,49,55H,6,11-18H2,1-5H3,(H,44,60)(H,45,63)(H,46,56)(H,47,64)(H,48,61)(H,50,57)(H,51,62)(H,58,59)/t19-,20-,23+,27-,28?,29?,30-,31-,35-,36-/m0/s1. The molecule has 0 saturated carbocycles. The zero-order valence-electron chi connectivity index (χ0n) is 38.0. The first-order chi connectivity index (χ1) is 32.2. The van der Waals surface area contributed by atoms with Gasteiger partial charge >= 0.3 is 17.9 Å². The monoisotopic (exact) mass is 971 g/mol. The fourth-order valence-corrected chi connectivity index (χ4v) is 9.14. The Labute approximate surface area is 393 Å². The fraction of sp³-hybridized carbons (Fsp3) is 0.558. The SMILES string of the molecule is CC[C@H](C)[C@@H]1NC(=O)CNC(=O)[C@@H]2Cc3c([nH]c4ccccc34)SCC(NC(=O)CNC1=O)C(=O)NC(CC(=O)O)C(=O)N1C[C@H](O)C[C@H]1C(=O)N[C@@H]([C@@H](C)[C@H](COC(C)=O)OC(C)=O)C(=O)N2. The van der Waals surface area contributed by atoms with E-state index in [9.17, 15) is 63.0 Å². The molecule has 1 saturated heterocycles. The van der Waals surface area contributed by atoms with Gasteiger partial charge in [0.05, 0.1) is 30.6 Å². The molecule has 10 atom stereocenters. The van der Waals surface area contributed by atoms with Gasteiger partial charge in [0.1, 0.15) is 49.0 Å². The summed E-state index contributed by atoms with van der Waals surface area (Å²) in [5.41, 5.74) is 0.946. The minimum Gasteiger partial charge on any atom is -0.481 e. The molecule has 3 aliphatic rings. The Kier molecular flexibility index (Phi) is 17.9. The van der Waals surface area contributed by atoms with Crippen LogP contribution in [0.3, 0.4) is 0 Å². The molecule has 0 aliphatic carbocycles. The van der Waals surface area contributed by atoms with Crippen LogP contribution in [-0.4, -0.2) is 166 Å². The third kappa shape index (κ3) is 13.4. The molecule has 0 spiro atoms. The molecular formula is C43H57N9O15S. The highest BCUT2D eigenvalue weighted by molar-refractivity contribution is 7.99. The van der Waals surface area contributed by atoms with E-state index in [1.165, 1.54) is 6.92 Å². The molecule has 1 aromatic carbocycles. The predicted octanol–water partition coefficient (Wildman–Crippen LogP) is -2.90. The summed E-state index contributed by atoms with van der Waals surface area (Å²) < 4.78 is 10.6. The molecule has 2 unspecified atom stereocenters. The van der Waals surface area contributed by atoms with E-state index in [4.69, 9.17) is 9.47 Å². The molecule has 24 nitrogen and oxygen atoms in total. The summed E-state index contributed by atoms with van der Waals surface area (Å²) in [6, 6.07) is -2.73. The van der Waals surface area contributed by atoms with Crippen LogP contribution >= 0.6 is 11.8 Å². The average Bonchev–Trinajstić information content (AvgIpc) is 3.85. The first-order valence-electron chi connectivity index (χ1n) is 22.0. The Morgan fingerprint density at radius 3 is 2.15 bits per heavy atom. The van der Waals surface area contributed by atoms with Crippen molar-refractivity contribution < 1.29 is 72.4 Å². The van der Waals surface area contributed by atoms with Crippen molar-refractivity contribution in [2.24, 2.45) is 11.8 Å². The number of aliphatic hydroxyl groups excluding tert-OH is 1. The van der Waals surface area contributed by atoms with Gasteiger partial charge in [-0.25, -0.2) is 0 Å². The Morgan fingerprint density at radius 2 is 1.49 bits per heavy atom. The van der Waals surface area contributed by atoms with Crippen LogP contribution in [-0.2, 0) is 68.6 Å². The molecule has 68 heavy (non-hydrogen) atoms. The van der Waals surface area contributed by atoms with Gasteiger partial charge in [-0.1, -0.05) is 45.4 Å². The van der Waals surface area contributed by atoms with Crippen LogP contribution in [0.2, 0.25) is 0 Å². The molecule has 10 N–H and O–H groups in total. The number of hydrogen-bond acceptors (Lipinski definition) is 15. The van der Waals surface area contributed by atoms with Gasteiger partial charge in [0, 0.05) is 55.8 Å². The second-order valence-electron chi connectivity index (χ2n) is 16.9. The number of ether oxygens (including phenoxy) is 2. The van der Waals surface area contributed by atoms with E-state index in [2.05, 4.69) is 42.2 Å². The Morgan fingerprint density at radius 1 is 0.809 bits per heavy atom. The number of carbonyl (C=O) groups excluding carboxylic acids is 10. The highest BCUT2D eigenvalue weighted by Gasteiger charge is 2.45. The smallest absolute Gasteiger partial charge is 0.305 e. The summed E-state index contributed by atoms with van der Waals surface area (Å²) in [5.74, 6) is -12.9. The number of aromatic nitrogens is 1. The molecule has 4 heterocycles. The number of esters is 2. The van der Waals surface area contributed by atoms with Crippen molar-refractivity contribution >= 4 is 87.8 Å². The lowest BCUT2D eigenvalue weighted by Crippen LogP contribution is -2.62. The van der Waals surface area contributed by atoms with Crippen LogP contribution in [0, 0.1) is 11.8 Å². The summed E-state index contributed by atoms with van der Waals surface area (Å²) in [5, 5.41) is 39.3. The van der Waals surface area contributed by atoms with Crippen LogP contribution in [0.4, 0.5) is 0 Å².